The van der Waals surface area contributed by atoms with Crippen molar-refractivity contribution in [2.24, 2.45) is 0 Å². The van der Waals surface area contributed by atoms with Crippen molar-refractivity contribution in [3.05, 3.63) is 29.8 Å². The molecule has 0 radical (unpaired) electrons. The van der Waals surface area contributed by atoms with Crippen LogP contribution in [0.4, 0.5) is 10.5 Å². The van der Waals surface area contributed by atoms with Crippen LogP contribution in [0.1, 0.15) is 12.0 Å². The summed E-state index contributed by atoms with van der Waals surface area (Å²) in [6, 6.07) is 7.21. The van der Waals surface area contributed by atoms with Gasteiger partial charge in [0.1, 0.15) is 0 Å². The average molecular weight is 386 g/mol. The van der Waals surface area contributed by atoms with Crippen LogP contribution in [-0.2, 0) is 20.9 Å². The summed E-state index contributed by atoms with van der Waals surface area (Å²) >= 11 is 1.03. The maximum absolute atomic E-state index is 12.0. The molecule has 136 valence electrons. The molecule has 0 spiro atoms. The number of anilines is 1. The quantitative estimate of drug-likeness (QED) is 0.800. The lowest BCUT2D eigenvalue weighted by Crippen LogP contribution is -2.43. The molecule has 2 fully saturated rings. The Bertz CT molecular complexity index is 619. The van der Waals surface area contributed by atoms with Crippen LogP contribution in [-0.4, -0.2) is 53.5 Å². The van der Waals surface area contributed by atoms with Crippen molar-refractivity contribution < 1.29 is 19.1 Å². The van der Waals surface area contributed by atoms with E-state index in [2.05, 4.69) is 10.6 Å². The van der Waals surface area contributed by atoms with Gasteiger partial charge in [0.05, 0.1) is 25.5 Å². The van der Waals surface area contributed by atoms with Gasteiger partial charge < -0.3 is 15.4 Å². The predicted octanol–water partition coefficient (Wildman–Crippen LogP) is 1.62. The minimum atomic E-state index is -0.209. The monoisotopic (exact) mass is 385 g/mol. The van der Waals surface area contributed by atoms with Crippen LogP contribution < -0.4 is 10.6 Å². The predicted molar refractivity (Wildman–Crippen MR) is 98.0 cm³/mol. The SMILES string of the molecule is Cl.O=C(CC1COCCN1)Nc1ccc(CN2C(=O)CSC2=O)cc1. The molecule has 1 aromatic rings. The zero-order chi connectivity index (χ0) is 16.9. The van der Waals surface area contributed by atoms with Gasteiger partial charge in [-0.05, 0) is 17.7 Å². The van der Waals surface area contributed by atoms with Gasteiger partial charge in [0.15, 0.2) is 0 Å². The van der Waals surface area contributed by atoms with E-state index in [1.54, 1.807) is 24.3 Å². The van der Waals surface area contributed by atoms with Crippen molar-refractivity contribution in [3.63, 3.8) is 0 Å². The number of benzene rings is 1. The Hall–Kier alpha value is -1.61. The number of hydrogen-bond acceptors (Lipinski definition) is 6. The van der Waals surface area contributed by atoms with E-state index in [4.69, 9.17) is 4.74 Å². The van der Waals surface area contributed by atoms with E-state index in [-0.39, 0.29) is 47.8 Å². The molecular formula is C16H20ClN3O4S. The number of carbonyl (C=O) groups is 3. The van der Waals surface area contributed by atoms with Gasteiger partial charge in [-0.25, -0.2) is 0 Å². The van der Waals surface area contributed by atoms with E-state index in [0.29, 0.717) is 25.3 Å². The number of carbonyl (C=O) groups excluding carboxylic acids is 3. The van der Waals surface area contributed by atoms with Crippen LogP contribution >= 0.6 is 24.2 Å². The third-order valence-electron chi connectivity index (χ3n) is 3.85. The number of halogens is 1. The van der Waals surface area contributed by atoms with Crippen LogP contribution in [0, 0.1) is 0 Å². The van der Waals surface area contributed by atoms with E-state index in [1.165, 1.54) is 4.90 Å². The second-order valence-electron chi connectivity index (χ2n) is 5.71. The molecule has 0 aliphatic carbocycles. The van der Waals surface area contributed by atoms with Crippen molar-refractivity contribution in [3.8, 4) is 0 Å². The molecule has 1 aromatic carbocycles. The molecule has 0 saturated carbocycles. The van der Waals surface area contributed by atoms with Gasteiger partial charge in [-0.2, -0.15) is 0 Å². The molecule has 7 nitrogen and oxygen atoms in total. The summed E-state index contributed by atoms with van der Waals surface area (Å²) in [7, 11) is 0. The highest BCUT2D eigenvalue weighted by Crippen LogP contribution is 2.21. The Labute approximate surface area is 156 Å². The van der Waals surface area contributed by atoms with Crippen molar-refractivity contribution >= 4 is 46.9 Å². The molecule has 3 amide bonds. The Balaban J connectivity index is 0.00000225. The number of imide groups is 1. The van der Waals surface area contributed by atoms with E-state index in [0.717, 1.165) is 23.9 Å². The summed E-state index contributed by atoms with van der Waals surface area (Å²) < 4.78 is 5.33. The first-order valence-corrected chi connectivity index (χ1v) is 8.77. The topological polar surface area (TPSA) is 87.7 Å². The number of rotatable bonds is 5. The molecule has 2 aliphatic rings. The standard InChI is InChI=1S/C16H19N3O4S.ClH/c20-14(7-13-9-23-6-5-17-13)18-12-3-1-11(2-4-12)8-19-15(21)10-24-16(19)22;/h1-4,13,17H,5-10H2,(H,18,20);1H. The highest BCUT2D eigenvalue weighted by molar-refractivity contribution is 8.14. The van der Waals surface area contributed by atoms with Gasteiger partial charge in [0.2, 0.25) is 11.8 Å². The zero-order valence-electron chi connectivity index (χ0n) is 13.5. The Morgan fingerprint density at radius 2 is 2.08 bits per heavy atom. The van der Waals surface area contributed by atoms with Gasteiger partial charge in [0.25, 0.3) is 5.24 Å². The van der Waals surface area contributed by atoms with Crippen LogP contribution in [0.5, 0.6) is 0 Å². The van der Waals surface area contributed by atoms with E-state index >= 15 is 0 Å². The van der Waals surface area contributed by atoms with Gasteiger partial charge in [-0.1, -0.05) is 23.9 Å². The Kier molecular flexibility index (Phi) is 7.24. The zero-order valence-corrected chi connectivity index (χ0v) is 15.2. The molecule has 1 atom stereocenters. The largest absolute Gasteiger partial charge is 0.378 e. The molecule has 0 aromatic heterocycles. The first kappa shape index (κ1) is 19.7. The molecular weight excluding hydrogens is 366 g/mol. The third kappa shape index (κ3) is 5.43. The van der Waals surface area contributed by atoms with Crippen LogP contribution in [0.15, 0.2) is 24.3 Å². The fourth-order valence-electron chi connectivity index (χ4n) is 2.60. The van der Waals surface area contributed by atoms with Gasteiger partial charge in [-0.15, -0.1) is 12.4 Å². The highest BCUT2D eigenvalue weighted by atomic mass is 35.5. The Morgan fingerprint density at radius 1 is 1.32 bits per heavy atom. The number of nitrogens with one attached hydrogen (secondary N) is 2. The summed E-state index contributed by atoms with van der Waals surface area (Å²) in [4.78, 5) is 36.5. The number of thioether (sulfide) groups is 1. The molecule has 3 rings (SSSR count). The molecule has 25 heavy (non-hydrogen) atoms. The molecule has 0 bridgehead atoms. The van der Waals surface area contributed by atoms with Gasteiger partial charge in [0, 0.05) is 24.7 Å². The molecule has 1 unspecified atom stereocenters. The van der Waals surface area contributed by atoms with Crippen molar-refractivity contribution in [2.45, 2.75) is 19.0 Å². The molecule has 2 heterocycles. The number of morpholine rings is 1. The van der Waals surface area contributed by atoms with Crippen molar-refractivity contribution in [2.75, 3.05) is 30.8 Å². The molecule has 9 heteroatoms. The summed E-state index contributed by atoms with van der Waals surface area (Å²) in [6.07, 6.45) is 0.357. The fourth-order valence-corrected chi connectivity index (χ4v) is 3.32. The number of ether oxygens (including phenoxy) is 1. The average Bonchev–Trinajstić information content (AvgIpc) is 2.89. The maximum atomic E-state index is 12.0. The van der Waals surface area contributed by atoms with Crippen LogP contribution in [0.2, 0.25) is 0 Å². The second-order valence-corrected chi connectivity index (χ2v) is 6.64. The first-order valence-electron chi connectivity index (χ1n) is 7.79. The first-order chi connectivity index (χ1) is 11.6. The van der Waals surface area contributed by atoms with Crippen LogP contribution in [0.25, 0.3) is 0 Å². The summed E-state index contributed by atoms with van der Waals surface area (Å²) in [5.41, 5.74) is 1.54. The number of nitrogens with zero attached hydrogens (tertiary/aromatic N) is 1. The lowest BCUT2D eigenvalue weighted by molar-refractivity contribution is -0.125. The molecule has 2 N–H and O–H groups in total. The van der Waals surface area contributed by atoms with Gasteiger partial charge in [-0.3, -0.25) is 19.3 Å². The van der Waals surface area contributed by atoms with Crippen molar-refractivity contribution in [1.82, 2.24) is 10.2 Å². The molecule has 2 aliphatic heterocycles. The number of amides is 3. The lowest BCUT2D eigenvalue weighted by Gasteiger charge is -2.23. The highest BCUT2D eigenvalue weighted by Gasteiger charge is 2.29. The normalized spacial score (nSPS) is 20.3. The molecule has 2 saturated heterocycles. The van der Waals surface area contributed by atoms with Crippen LogP contribution in [0.3, 0.4) is 0 Å². The van der Waals surface area contributed by atoms with E-state index in [9.17, 15) is 14.4 Å². The summed E-state index contributed by atoms with van der Waals surface area (Å²) in [6.45, 7) is 2.25. The summed E-state index contributed by atoms with van der Waals surface area (Å²) in [5.74, 6) is -0.0251. The fraction of sp³-hybridized carbons (Fsp3) is 0.438. The second kappa shape index (κ2) is 9.19. The number of hydrogen-bond donors (Lipinski definition) is 2. The van der Waals surface area contributed by atoms with E-state index < -0.39 is 0 Å². The maximum Gasteiger partial charge on any atom is 0.289 e. The third-order valence-corrected chi connectivity index (χ3v) is 4.71. The summed E-state index contributed by atoms with van der Waals surface area (Å²) in [5, 5.41) is 5.87. The minimum absolute atomic E-state index is 0. The Morgan fingerprint density at radius 3 is 2.68 bits per heavy atom. The van der Waals surface area contributed by atoms with Crippen molar-refractivity contribution in [1.29, 1.82) is 0 Å². The lowest BCUT2D eigenvalue weighted by atomic mass is 10.1. The van der Waals surface area contributed by atoms with Gasteiger partial charge >= 0.3 is 0 Å². The minimum Gasteiger partial charge on any atom is -0.378 e. The smallest absolute Gasteiger partial charge is 0.289 e. The van der Waals surface area contributed by atoms with E-state index in [1.807, 2.05) is 0 Å².